The molecular formula is C22H30ClN3O5. The first kappa shape index (κ1) is 23.2. The van der Waals surface area contributed by atoms with Gasteiger partial charge < -0.3 is 24.6 Å². The lowest BCUT2D eigenvalue weighted by atomic mass is 9.98. The molecule has 2 atom stereocenters. The smallest absolute Gasteiger partial charge is 0.320 e. The number of esters is 1. The number of nitrogens with zero attached hydrogens (tertiary/aromatic N) is 2. The number of urea groups is 1. The summed E-state index contributed by atoms with van der Waals surface area (Å²) in [6, 6.07) is 3.32. The van der Waals surface area contributed by atoms with E-state index in [0.29, 0.717) is 36.0 Å². The van der Waals surface area contributed by atoms with Crippen LogP contribution in [0.1, 0.15) is 38.2 Å². The second-order valence-electron chi connectivity index (χ2n) is 8.13. The van der Waals surface area contributed by atoms with E-state index in [2.05, 4.69) is 5.32 Å². The Kier molecular flexibility index (Phi) is 7.64. The molecule has 0 radical (unpaired) electrons. The first-order chi connectivity index (χ1) is 14.8. The number of piperidine rings is 1. The van der Waals surface area contributed by atoms with Crippen molar-refractivity contribution in [1.29, 1.82) is 0 Å². The Bertz CT molecular complexity index is 841. The molecule has 0 aliphatic carbocycles. The molecule has 2 aliphatic heterocycles. The van der Waals surface area contributed by atoms with Gasteiger partial charge in [0.25, 0.3) is 5.91 Å². The molecule has 9 heteroatoms. The number of ether oxygens (including phenoxy) is 2. The van der Waals surface area contributed by atoms with Crippen molar-refractivity contribution in [2.75, 3.05) is 38.6 Å². The maximum absolute atomic E-state index is 12.7. The number of nitrogens with one attached hydrogen (secondary N) is 1. The van der Waals surface area contributed by atoms with Crippen LogP contribution in [0.25, 0.3) is 0 Å². The molecule has 2 heterocycles. The largest absolute Gasteiger partial charge is 0.495 e. The second-order valence-corrected chi connectivity index (χ2v) is 8.54. The van der Waals surface area contributed by atoms with Crippen LogP contribution < -0.4 is 10.1 Å². The lowest BCUT2D eigenvalue weighted by Gasteiger charge is -2.34. The van der Waals surface area contributed by atoms with E-state index in [9.17, 15) is 14.4 Å². The molecule has 1 aromatic rings. The minimum atomic E-state index is -0.988. The summed E-state index contributed by atoms with van der Waals surface area (Å²) in [4.78, 5) is 41.5. The van der Waals surface area contributed by atoms with Crippen molar-refractivity contribution in [3.8, 4) is 5.75 Å². The number of benzene rings is 1. The number of hydrogen-bond donors (Lipinski definition) is 1. The molecule has 0 unspecified atom stereocenters. The number of carbonyl (C=O) groups is 3. The number of carbonyl (C=O) groups excluding carboxylic acids is 3. The zero-order valence-electron chi connectivity index (χ0n) is 18.3. The van der Waals surface area contributed by atoms with Gasteiger partial charge in [0.15, 0.2) is 6.10 Å². The molecule has 8 nitrogen and oxygen atoms in total. The standard InChI is InChI=1S/C22H30ClN3O5/c1-14-11-18(19(30-3)12-17(14)23)24-20(27)15(2)31-21(28)16-7-6-10-26(13-16)22(29)25-8-4-5-9-25/h11-12,15-16H,4-10,13H2,1-3H3,(H,24,27)/t15-,16-/m1/s1. The summed E-state index contributed by atoms with van der Waals surface area (Å²) in [5.74, 6) is -0.927. The first-order valence-electron chi connectivity index (χ1n) is 10.7. The van der Waals surface area contributed by atoms with Crippen molar-refractivity contribution in [3.63, 3.8) is 0 Å². The molecule has 0 bridgehead atoms. The zero-order valence-corrected chi connectivity index (χ0v) is 19.0. The fourth-order valence-electron chi connectivity index (χ4n) is 3.94. The Labute approximate surface area is 187 Å². The first-order valence-corrected chi connectivity index (χ1v) is 11.1. The zero-order chi connectivity index (χ0) is 22.5. The van der Waals surface area contributed by atoms with Gasteiger partial charge in [-0.25, -0.2) is 4.79 Å². The molecular weight excluding hydrogens is 422 g/mol. The molecule has 3 rings (SSSR count). The Hall–Kier alpha value is -2.48. The van der Waals surface area contributed by atoms with Gasteiger partial charge >= 0.3 is 12.0 Å². The SMILES string of the molecule is COc1cc(Cl)c(C)cc1NC(=O)[C@@H](C)OC(=O)[C@@H]1CCCN(C(=O)N2CCCC2)C1. The van der Waals surface area contributed by atoms with Gasteiger partial charge in [0, 0.05) is 37.3 Å². The molecule has 0 aromatic heterocycles. The number of methoxy groups -OCH3 is 1. The summed E-state index contributed by atoms with van der Waals surface area (Å²) in [6.07, 6.45) is 2.44. The fraction of sp³-hybridized carbons (Fsp3) is 0.591. The van der Waals surface area contributed by atoms with Crippen LogP contribution in [0.2, 0.25) is 5.02 Å². The van der Waals surface area contributed by atoms with Gasteiger partial charge in [-0.2, -0.15) is 0 Å². The average Bonchev–Trinajstić information content (AvgIpc) is 3.30. The van der Waals surface area contributed by atoms with Crippen LogP contribution in [0.5, 0.6) is 5.75 Å². The van der Waals surface area contributed by atoms with Crippen molar-refractivity contribution < 1.29 is 23.9 Å². The molecule has 0 saturated carbocycles. The molecule has 2 fully saturated rings. The highest BCUT2D eigenvalue weighted by atomic mass is 35.5. The Balaban J connectivity index is 1.56. The average molecular weight is 452 g/mol. The quantitative estimate of drug-likeness (QED) is 0.692. The van der Waals surface area contributed by atoms with Crippen molar-refractivity contribution in [2.24, 2.45) is 5.92 Å². The number of aryl methyl sites for hydroxylation is 1. The molecule has 31 heavy (non-hydrogen) atoms. The Morgan fingerprint density at radius 1 is 1.13 bits per heavy atom. The maximum Gasteiger partial charge on any atom is 0.320 e. The van der Waals surface area contributed by atoms with E-state index in [-0.39, 0.29) is 6.03 Å². The van der Waals surface area contributed by atoms with E-state index >= 15 is 0 Å². The van der Waals surface area contributed by atoms with E-state index in [1.54, 1.807) is 17.0 Å². The summed E-state index contributed by atoms with van der Waals surface area (Å²) in [7, 11) is 1.48. The number of halogens is 1. The van der Waals surface area contributed by atoms with Gasteiger partial charge in [0.1, 0.15) is 5.75 Å². The third-order valence-electron chi connectivity index (χ3n) is 5.80. The maximum atomic E-state index is 12.7. The van der Waals surface area contributed by atoms with Crippen LogP contribution >= 0.6 is 11.6 Å². The summed E-state index contributed by atoms with van der Waals surface area (Å²) >= 11 is 6.10. The molecule has 3 amide bonds. The predicted molar refractivity (Wildman–Crippen MR) is 117 cm³/mol. The topological polar surface area (TPSA) is 88.2 Å². The normalized spacial score (nSPS) is 19.7. The molecule has 0 spiro atoms. The van der Waals surface area contributed by atoms with Gasteiger partial charge in [-0.3, -0.25) is 9.59 Å². The number of anilines is 1. The highest BCUT2D eigenvalue weighted by Crippen LogP contribution is 2.31. The van der Waals surface area contributed by atoms with Crippen molar-refractivity contribution >= 4 is 35.2 Å². The molecule has 1 aromatic carbocycles. The lowest BCUT2D eigenvalue weighted by Crippen LogP contribution is -2.48. The number of likely N-dealkylation sites (tertiary alicyclic amines) is 2. The van der Waals surface area contributed by atoms with Gasteiger partial charge in [0.05, 0.1) is 18.7 Å². The predicted octanol–water partition coefficient (Wildman–Crippen LogP) is 3.46. The summed E-state index contributed by atoms with van der Waals surface area (Å²) in [5.41, 5.74) is 1.24. The number of rotatable bonds is 5. The Morgan fingerprint density at radius 3 is 2.48 bits per heavy atom. The van der Waals surface area contributed by atoms with E-state index in [4.69, 9.17) is 21.1 Å². The van der Waals surface area contributed by atoms with E-state index < -0.39 is 23.9 Å². The second kappa shape index (κ2) is 10.2. The fourth-order valence-corrected chi connectivity index (χ4v) is 4.09. The molecule has 2 aliphatic rings. The number of amides is 3. The van der Waals surface area contributed by atoms with Crippen molar-refractivity contribution in [2.45, 2.75) is 45.6 Å². The van der Waals surface area contributed by atoms with Crippen LogP contribution in [0.4, 0.5) is 10.5 Å². The third kappa shape index (κ3) is 5.61. The van der Waals surface area contributed by atoms with Crippen molar-refractivity contribution in [1.82, 2.24) is 9.80 Å². The Morgan fingerprint density at radius 2 is 1.81 bits per heavy atom. The van der Waals surface area contributed by atoms with Crippen molar-refractivity contribution in [3.05, 3.63) is 22.7 Å². The molecule has 1 N–H and O–H groups in total. The van der Waals surface area contributed by atoms with Gasteiger partial charge in [-0.05, 0) is 51.2 Å². The van der Waals surface area contributed by atoms with Gasteiger partial charge in [0.2, 0.25) is 0 Å². The van der Waals surface area contributed by atoms with E-state index in [1.807, 2.05) is 11.8 Å². The van der Waals surface area contributed by atoms with E-state index in [1.165, 1.54) is 14.0 Å². The van der Waals surface area contributed by atoms with Crippen LogP contribution in [0.3, 0.4) is 0 Å². The van der Waals surface area contributed by atoms with E-state index in [0.717, 1.165) is 37.9 Å². The summed E-state index contributed by atoms with van der Waals surface area (Å²) < 4.78 is 10.7. The number of hydrogen-bond acceptors (Lipinski definition) is 5. The van der Waals surface area contributed by atoms with Crippen LogP contribution in [0, 0.1) is 12.8 Å². The lowest BCUT2D eigenvalue weighted by molar-refractivity contribution is -0.158. The van der Waals surface area contributed by atoms with Crippen LogP contribution in [0.15, 0.2) is 12.1 Å². The summed E-state index contributed by atoms with van der Waals surface area (Å²) in [6.45, 7) is 5.86. The highest BCUT2D eigenvalue weighted by molar-refractivity contribution is 6.31. The monoisotopic (exact) mass is 451 g/mol. The van der Waals surface area contributed by atoms with Crippen LogP contribution in [-0.2, 0) is 14.3 Å². The highest BCUT2D eigenvalue weighted by Gasteiger charge is 2.33. The molecule has 2 saturated heterocycles. The van der Waals surface area contributed by atoms with Crippen LogP contribution in [-0.4, -0.2) is 67.1 Å². The van der Waals surface area contributed by atoms with Gasteiger partial charge in [-0.1, -0.05) is 11.6 Å². The third-order valence-corrected chi connectivity index (χ3v) is 6.21. The van der Waals surface area contributed by atoms with Gasteiger partial charge in [-0.15, -0.1) is 0 Å². The minimum absolute atomic E-state index is 0.00834. The minimum Gasteiger partial charge on any atom is -0.495 e. The summed E-state index contributed by atoms with van der Waals surface area (Å²) in [5, 5.41) is 3.26. The molecule has 170 valence electrons.